The van der Waals surface area contributed by atoms with Gasteiger partial charge in [0.1, 0.15) is 5.15 Å². The molecule has 144 valence electrons. The Morgan fingerprint density at radius 3 is 2.26 bits per heavy atom. The summed E-state index contributed by atoms with van der Waals surface area (Å²) in [5.74, 6) is -0.552. The highest BCUT2D eigenvalue weighted by atomic mass is 35.5. The van der Waals surface area contributed by atoms with E-state index in [1.165, 1.54) is 18.3 Å². The van der Waals surface area contributed by atoms with E-state index in [0.717, 1.165) is 6.26 Å². The molecule has 0 aliphatic rings. The summed E-state index contributed by atoms with van der Waals surface area (Å²) in [6.45, 7) is 1.63. The Morgan fingerprint density at radius 1 is 1.15 bits per heavy atom. The van der Waals surface area contributed by atoms with Crippen molar-refractivity contribution in [1.29, 1.82) is 0 Å². The number of esters is 1. The van der Waals surface area contributed by atoms with Crippen LogP contribution in [-0.4, -0.2) is 43.9 Å². The monoisotopic (exact) mass is 409 g/mol. The fourth-order valence-corrected chi connectivity index (χ4v) is 3.31. The van der Waals surface area contributed by atoms with Crippen molar-refractivity contribution in [2.75, 3.05) is 19.5 Å². The number of hydrogen-bond acceptors (Lipinski definition) is 6. The lowest BCUT2D eigenvalue weighted by Gasteiger charge is -2.15. The number of hydrogen-bond donors (Lipinski definition) is 1. The number of rotatable bonds is 7. The molecule has 1 N–H and O–H groups in total. The van der Waals surface area contributed by atoms with Gasteiger partial charge >= 0.3 is 5.97 Å². The van der Waals surface area contributed by atoms with Gasteiger partial charge in [0.2, 0.25) is 0 Å². The van der Waals surface area contributed by atoms with E-state index in [1.807, 2.05) is 0 Å². The Morgan fingerprint density at radius 2 is 1.78 bits per heavy atom. The number of ether oxygens (including phenoxy) is 1. The van der Waals surface area contributed by atoms with Crippen molar-refractivity contribution < 1.29 is 23.1 Å². The van der Waals surface area contributed by atoms with Crippen molar-refractivity contribution >= 4 is 33.0 Å². The summed E-state index contributed by atoms with van der Waals surface area (Å²) in [6.07, 6.45) is 2.71. The normalized spacial score (nSPS) is 12.4. The lowest BCUT2D eigenvalue weighted by atomic mass is 9.92. The fourth-order valence-electron chi connectivity index (χ4n) is 2.57. The van der Waals surface area contributed by atoms with E-state index in [0.29, 0.717) is 21.9 Å². The number of aromatic nitrogens is 1. The second-order valence-electron chi connectivity index (χ2n) is 5.71. The lowest BCUT2D eigenvalue weighted by Crippen LogP contribution is -2.12. The Bertz CT molecular complexity index is 935. The number of pyridine rings is 1. The molecular formula is C19H20ClNO5S. The Balaban J connectivity index is 2.70. The van der Waals surface area contributed by atoms with Crippen molar-refractivity contribution in [2.24, 2.45) is 0 Å². The molecule has 0 fully saturated rings. The summed E-state index contributed by atoms with van der Waals surface area (Å²) in [5, 5.41) is 9.73. The lowest BCUT2D eigenvalue weighted by molar-refractivity contribution is -0.138. The first-order chi connectivity index (χ1) is 12.8. The van der Waals surface area contributed by atoms with Crippen LogP contribution in [-0.2, 0) is 19.4 Å². The first-order valence-electron chi connectivity index (χ1n) is 8.21. The molecule has 0 saturated carbocycles. The summed E-state index contributed by atoms with van der Waals surface area (Å²) in [5.41, 5.74) is 1.98. The van der Waals surface area contributed by atoms with Crippen LogP contribution in [0.15, 0.2) is 53.1 Å². The van der Waals surface area contributed by atoms with Gasteiger partial charge in [0, 0.05) is 42.2 Å². The fraction of sp³-hybridized carbons (Fsp3) is 0.263. The van der Waals surface area contributed by atoms with E-state index in [2.05, 4.69) is 4.98 Å². The summed E-state index contributed by atoms with van der Waals surface area (Å²) in [4.78, 5) is 16.7. The topological polar surface area (TPSA) is 93.6 Å². The zero-order valence-electron chi connectivity index (χ0n) is 15.0. The summed E-state index contributed by atoms with van der Waals surface area (Å²) >= 11 is 5.86. The van der Waals surface area contributed by atoms with E-state index in [1.54, 1.807) is 31.2 Å². The van der Waals surface area contributed by atoms with Crippen LogP contribution in [0.3, 0.4) is 0 Å². The molecule has 1 aromatic heterocycles. The molecule has 0 aliphatic heterocycles. The number of aliphatic hydroxyl groups is 1. The molecule has 6 nitrogen and oxygen atoms in total. The molecular weight excluding hydrogens is 390 g/mol. The number of sulfone groups is 1. The van der Waals surface area contributed by atoms with Gasteiger partial charge in [0.25, 0.3) is 0 Å². The van der Waals surface area contributed by atoms with Gasteiger partial charge in [-0.15, -0.1) is 0 Å². The highest BCUT2D eigenvalue weighted by molar-refractivity contribution is 7.90. The van der Waals surface area contributed by atoms with Gasteiger partial charge in [0.05, 0.1) is 11.5 Å². The van der Waals surface area contributed by atoms with E-state index in [4.69, 9.17) is 16.3 Å². The molecule has 0 aliphatic carbocycles. The molecule has 8 heteroatoms. The predicted octanol–water partition coefficient (Wildman–Crippen LogP) is 2.89. The van der Waals surface area contributed by atoms with Crippen LogP contribution in [0.25, 0.3) is 5.57 Å². The molecule has 0 radical (unpaired) electrons. The predicted molar refractivity (Wildman–Crippen MR) is 103 cm³/mol. The molecule has 1 aromatic carbocycles. The van der Waals surface area contributed by atoms with E-state index in [-0.39, 0.29) is 30.1 Å². The molecule has 0 spiro atoms. The minimum absolute atomic E-state index is 0.0740. The number of carbonyl (C=O) groups is 1. The van der Waals surface area contributed by atoms with Crippen LogP contribution in [0.5, 0.6) is 0 Å². The van der Waals surface area contributed by atoms with Crippen molar-refractivity contribution in [3.8, 4) is 0 Å². The smallest absolute Gasteiger partial charge is 0.334 e. The summed E-state index contributed by atoms with van der Waals surface area (Å²) in [7, 11) is -3.35. The third-order valence-corrected chi connectivity index (χ3v) is 5.12. The molecule has 0 atom stereocenters. The van der Waals surface area contributed by atoms with E-state index in [9.17, 15) is 18.3 Å². The average Bonchev–Trinajstić information content (AvgIpc) is 2.62. The molecule has 0 saturated heterocycles. The van der Waals surface area contributed by atoms with Crippen LogP contribution >= 0.6 is 11.6 Å². The van der Waals surface area contributed by atoms with Gasteiger partial charge in [-0.3, -0.25) is 0 Å². The maximum absolute atomic E-state index is 12.5. The van der Waals surface area contributed by atoms with Crippen LogP contribution in [0.2, 0.25) is 5.15 Å². The number of benzene rings is 1. The van der Waals surface area contributed by atoms with Crippen LogP contribution in [0.4, 0.5) is 0 Å². The second-order valence-corrected chi connectivity index (χ2v) is 8.12. The summed E-state index contributed by atoms with van der Waals surface area (Å²) < 4.78 is 28.5. The molecule has 27 heavy (non-hydrogen) atoms. The SMILES string of the molecule is CCOC(=O)C(CCO)=C(c1ccc(S(C)(=O)=O)cc1)c1ccc(Cl)nc1. The molecule has 0 amide bonds. The molecule has 0 unspecified atom stereocenters. The van der Waals surface area contributed by atoms with Crippen molar-refractivity contribution in [1.82, 2.24) is 4.98 Å². The van der Waals surface area contributed by atoms with Gasteiger partial charge in [-0.05, 0) is 36.8 Å². The number of carbonyl (C=O) groups excluding carboxylic acids is 1. The quantitative estimate of drug-likeness (QED) is 0.429. The van der Waals surface area contributed by atoms with Gasteiger partial charge in [-0.2, -0.15) is 0 Å². The number of aliphatic hydroxyl groups excluding tert-OH is 1. The highest BCUT2D eigenvalue weighted by Gasteiger charge is 2.20. The minimum atomic E-state index is -3.35. The van der Waals surface area contributed by atoms with Crippen molar-refractivity contribution in [3.63, 3.8) is 0 Å². The van der Waals surface area contributed by atoms with Gasteiger partial charge in [-0.1, -0.05) is 23.7 Å². The zero-order chi connectivity index (χ0) is 20.0. The van der Waals surface area contributed by atoms with Gasteiger partial charge < -0.3 is 9.84 Å². The van der Waals surface area contributed by atoms with E-state index >= 15 is 0 Å². The van der Waals surface area contributed by atoms with Crippen LogP contribution in [0, 0.1) is 0 Å². The molecule has 2 rings (SSSR count). The second kappa shape index (κ2) is 9.12. The van der Waals surface area contributed by atoms with Gasteiger partial charge in [-0.25, -0.2) is 18.2 Å². The number of nitrogens with zero attached hydrogens (tertiary/aromatic N) is 1. The summed E-state index contributed by atoms with van der Waals surface area (Å²) in [6, 6.07) is 9.44. The largest absolute Gasteiger partial charge is 0.463 e. The minimum Gasteiger partial charge on any atom is -0.463 e. The first-order valence-corrected chi connectivity index (χ1v) is 10.5. The average molecular weight is 410 g/mol. The first kappa shape index (κ1) is 21.1. The third-order valence-electron chi connectivity index (χ3n) is 3.77. The zero-order valence-corrected chi connectivity index (χ0v) is 16.5. The maximum Gasteiger partial charge on any atom is 0.334 e. The van der Waals surface area contributed by atoms with Crippen LogP contribution in [0.1, 0.15) is 24.5 Å². The van der Waals surface area contributed by atoms with Crippen LogP contribution < -0.4 is 0 Å². The third kappa shape index (κ3) is 5.38. The highest BCUT2D eigenvalue weighted by Crippen LogP contribution is 2.30. The molecule has 0 bridgehead atoms. The van der Waals surface area contributed by atoms with E-state index < -0.39 is 15.8 Å². The Labute approximate surface area is 163 Å². The molecule has 1 heterocycles. The standard InChI is InChI=1S/C19H20ClNO5S/c1-3-26-19(23)16(10-11-22)18(14-6-9-17(20)21-12-14)13-4-7-15(8-5-13)27(2,24)25/h4-9,12,22H,3,10-11H2,1-2H3. The van der Waals surface area contributed by atoms with Gasteiger partial charge in [0.15, 0.2) is 9.84 Å². The van der Waals surface area contributed by atoms with Crippen molar-refractivity contribution in [2.45, 2.75) is 18.2 Å². The number of halogens is 1. The molecule has 2 aromatic rings. The van der Waals surface area contributed by atoms with Crippen molar-refractivity contribution in [3.05, 3.63) is 64.4 Å². The Hall–Kier alpha value is -2.22. The Kier molecular flexibility index (Phi) is 7.12. The maximum atomic E-state index is 12.5.